The fourth-order valence-corrected chi connectivity index (χ4v) is 1.90. The van der Waals surface area contributed by atoms with E-state index in [0.717, 1.165) is 25.0 Å². The van der Waals surface area contributed by atoms with Gasteiger partial charge in [-0.3, -0.25) is 9.59 Å². The average Bonchev–Trinajstić information content (AvgIpc) is 3.22. The summed E-state index contributed by atoms with van der Waals surface area (Å²) in [7, 11) is 0. The van der Waals surface area contributed by atoms with Crippen LogP contribution < -0.4 is 10.6 Å². The highest BCUT2D eigenvalue weighted by atomic mass is 19.1. The lowest BCUT2D eigenvalue weighted by molar-refractivity contribution is -0.136. The molecule has 120 valence electrons. The zero-order valence-corrected chi connectivity index (χ0v) is 11.8. The highest BCUT2D eigenvalue weighted by Crippen LogP contribution is 2.38. The number of anilines is 1. The van der Waals surface area contributed by atoms with Crippen molar-refractivity contribution in [2.75, 3.05) is 5.32 Å². The van der Waals surface area contributed by atoms with Gasteiger partial charge in [0.2, 0.25) is 5.89 Å². The van der Waals surface area contributed by atoms with Crippen LogP contribution in [0.4, 0.5) is 14.5 Å². The van der Waals surface area contributed by atoms with Crippen molar-refractivity contribution in [3.63, 3.8) is 0 Å². The summed E-state index contributed by atoms with van der Waals surface area (Å²) in [5.74, 6) is -2.68. The summed E-state index contributed by atoms with van der Waals surface area (Å²) in [5.41, 5.74) is -0.156. The van der Waals surface area contributed by atoms with E-state index >= 15 is 0 Å². The molecule has 1 aromatic heterocycles. The van der Waals surface area contributed by atoms with Crippen molar-refractivity contribution in [1.29, 1.82) is 0 Å². The second-order valence-electron chi connectivity index (χ2n) is 5.12. The standard InChI is InChI=1S/C14H12F2N4O3/c15-8-3-9(16)5-10(4-8)18-14(22)13(21)17-6-11-19-12(20-23-11)7-1-2-7/h3-5,7H,1-2,6H2,(H,17,21)(H,18,22). The number of carbonyl (C=O) groups is 2. The van der Waals surface area contributed by atoms with Crippen molar-refractivity contribution >= 4 is 17.5 Å². The SMILES string of the molecule is O=C(NCc1nc(C2CC2)no1)C(=O)Nc1cc(F)cc(F)c1. The number of hydrogen-bond donors (Lipinski definition) is 2. The zero-order valence-electron chi connectivity index (χ0n) is 11.8. The first-order valence-electron chi connectivity index (χ1n) is 6.89. The highest BCUT2D eigenvalue weighted by Gasteiger charge is 2.28. The Morgan fingerprint density at radius 1 is 1.17 bits per heavy atom. The second-order valence-corrected chi connectivity index (χ2v) is 5.12. The normalized spacial score (nSPS) is 13.7. The second kappa shape index (κ2) is 6.11. The van der Waals surface area contributed by atoms with Gasteiger partial charge in [0.25, 0.3) is 0 Å². The fourth-order valence-electron chi connectivity index (χ4n) is 1.90. The third-order valence-electron chi connectivity index (χ3n) is 3.15. The molecule has 23 heavy (non-hydrogen) atoms. The lowest BCUT2D eigenvalue weighted by Crippen LogP contribution is -2.35. The van der Waals surface area contributed by atoms with Gasteiger partial charge >= 0.3 is 11.8 Å². The minimum atomic E-state index is -1.06. The van der Waals surface area contributed by atoms with E-state index in [1.54, 1.807) is 0 Å². The summed E-state index contributed by atoms with van der Waals surface area (Å²) >= 11 is 0. The number of carbonyl (C=O) groups excluding carboxylic acids is 2. The van der Waals surface area contributed by atoms with Crippen LogP contribution in [0.25, 0.3) is 0 Å². The molecule has 2 amide bonds. The third-order valence-corrected chi connectivity index (χ3v) is 3.15. The predicted octanol–water partition coefficient (Wildman–Crippen LogP) is 1.48. The van der Waals surface area contributed by atoms with Gasteiger partial charge in [-0.05, 0) is 25.0 Å². The van der Waals surface area contributed by atoms with Crippen LogP contribution in [-0.2, 0) is 16.1 Å². The van der Waals surface area contributed by atoms with E-state index in [1.807, 2.05) is 0 Å². The maximum Gasteiger partial charge on any atom is 0.313 e. The smallest absolute Gasteiger partial charge is 0.313 e. The van der Waals surface area contributed by atoms with Gasteiger partial charge in [-0.2, -0.15) is 4.98 Å². The molecular weight excluding hydrogens is 310 g/mol. The maximum absolute atomic E-state index is 13.0. The Morgan fingerprint density at radius 2 is 1.87 bits per heavy atom. The summed E-state index contributed by atoms with van der Waals surface area (Å²) in [5, 5.41) is 8.15. The molecule has 0 saturated heterocycles. The molecule has 0 spiro atoms. The molecule has 0 aliphatic heterocycles. The summed E-state index contributed by atoms with van der Waals surface area (Å²) in [6.07, 6.45) is 2.02. The van der Waals surface area contributed by atoms with E-state index in [9.17, 15) is 18.4 Å². The molecule has 1 saturated carbocycles. The molecule has 2 aromatic rings. The van der Waals surface area contributed by atoms with Crippen LogP contribution in [0.3, 0.4) is 0 Å². The van der Waals surface area contributed by atoms with Crippen molar-refractivity contribution < 1.29 is 22.9 Å². The summed E-state index contributed by atoms with van der Waals surface area (Å²) < 4.78 is 30.9. The van der Waals surface area contributed by atoms with E-state index in [0.29, 0.717) is 17.8 Å². The summed E-state index contributed by atoms with van der Waals surface area (Å²) in [6, 6.07) is 2.45. The van der Waals surface area contributed by atoms with Crippen molar-refractivity contribution in [2.24, 2.45) is 0 Å². The molecule has 9 heteroatoms. The maximum atomic E-state index is 13.0. The van der Waals surface area contributed by atoms with Crippen LogP contribution in [0.1, 0.15) is 30.5 Å². The number of halogens is 2. The van der Waals surface area contributed by atoms with Crippen LogP contribution in [-0.4, -0.2) is 22.0 Å². The highest BCUT2D eigenvalue weighted by molar-refractivity contribution is 6.39. The largest absolute Gasteiger partial charge is 0.339 e. The molecule has 1 heterocycles. The Labute approximate surface area is 129 Å². The van der Waals surface area contributed by atoms with Gasteiger partial charge in [0.05, 0.1) is 6.54 Å². The lowest BCUT2D eigenvalue weighted by Gasteiger charge is -2.05. The van der Waals surface area contributed by atoms with Gasteiger partial charge in [-0.1, -0.05) is 5.16 Å². The quantitative estimate of drug-likeness (QED) is 0.831. The molecular formula is C14H12F2N4O3. The van der Waals surface area contributed by atoms with Gasteiger partial charge in [-0.25, -0.2) is 8.78 Å². The van der Waals surface area contributed by atoms with Gasteiger partial charge in [0, 0.05) is 17.7 Å². The van der Waals surface area contributed by atoms with Crippen molar-refractivity contribution in [2.45, 2.75) is 25.3 Å². The van der Waals surface area contributed by atoms with Crippen molar-refractivity contribution in [1.82, 2.24) is 15.5 Å². The minimum absolute atomic E-state index is 0.108. The molecule has 1 fully saturated rings. The van der Waals surface area contributed by atoms with Crippen LogP contribution in [0.2, 0.25) is 0 Å². The Kier molecular flexibility index (Phi) is 4.00. The fraction of sp³-hybridized carbons (Fsp3) is 0.286. The number of nitrogens with one attached hydrogen (secondary N) is 2. The number of rotatable bonds is 4. The first kappa shape index (κ1) is 15.1. The molecule has 2 N–H and O–H groups in total. The van der Waals surface area contributed by atoms with Crippen molar-refractivity contribution in [3.05, 3.63) is 41.5 Å². The molecule has 0 bridgehead atoms. The molecule has 1 aliphatic rings. The van der Waals surface area contributed by atoms with Gasteiger partial charge < -0.3 is 15.2 Å². The molecule has 0 radical (unpaired) electrons. The van der Waals surface area contributed by atoms with Gasteiger partial charge in [0.15, 0.2) is 5.82 Å². The number of hydrogen-bond acceptors (Lipinski definition) is 5. The average molecular weight is 322 g/mol. The number of benzene rings is 1. The Balaban J connectivity index is 1.53. The Bertz CT molecular complexity index is 738. The zero-order chi connectivity index (χ0) is 16.4. The minimum Gasteiger partial charge on any atom is -0.339 e. The monoisotopic (exact) mass is 322 g/mol. The summed E-state index contributed by atoms with van der Waals surface area (Å²) in [6.45, 7) is -0.108. The molecule has 1 aliphatic carbocycles. The Morgan fingerprint density at radius 3 is 2.52 bits per heavy atom. The first-order valence-corrected chi connectivity index (χ1v) is 6.89. The van der Waals surface area contributed by atoms with E-state index in [1.165, 1.54) is 0 Å². The topological polar surface area (TPSA) is 97.1 Å². The van der Waals surface area contributed by atoms with E-state index < -0.39 is 23.4 Å². The third kappa shape index (κ3) is 3.87. The molecule has 3 rings (SSSR count). The van der Waals surface area contributed by atoms with Crippen molar-refractivity contribution in [3.8, 4) is 0 Å². The predicted molar refractivity (Wildman–Crippen MR) is 73.1 cm³/mol. The van der Waals surface area contributed by atoms with Crippen LogP contribution in [0.15, 0.2) is 22.7 Å². The first-order chi connectivity index (χ1) is 11.0. The molecule has 0 atom stereocenters. The number of aromatic nitrogens is 2. The van der Waals surface area contributed by atoms with Crippen LogP contribution in [0.5, 0.6) is 0 Å². The number of amides is 2. The molecule has 1 aromatic carbocycles. The molecule has 7 nitrogen and oxygen atoms in total. The van der Waals surface area contributed by atoms with E-state index in [4.69, 9.17) is 4.52 Å². The van der Waals surface area contributed by atoms with Crippen LogP contribution >= 0.6 is 0 Å². The summed E-state index contributed by atoms with van der Waals surface area (Å²) in [4.78, 5) is 27.4. The van der Waals surface area contributed by atoms with Gasteiger partial charge in [-0.15, -0.1) is 0 Å². The van der Waals surface area contributed by atoms with E-state index in [2.05, 4.69) is 20.8 Å². The lowest BCUT2D eigenvalue weighted by atomic mass is 10.3. The van der Waals surface area contributed by atoms with Crippen LogP contribution in [0, 0.1) is 11.6 Å². The number of nitrogens with zero attached hydrogens (tertiary/aromatic N) is 2. The van der Waals surface area contributed by atoms with E-state index in [-0.39, 0.29) is 18.1 Å². The molecule has 0 unspecified atom stereocenters. The van der Waals surface area contributed by atoms with Gasteiger partial charge in [0.1, 0.15) is 11.6 Å². The Hall–Kier alpha value is -2.84.